The van der Waals surface area contributed by atoms with Gasteiger partial charge in [0.1, 0.15) is 11.9 Å². The largest absolute Gasteiger partial charge is 0.469 e. The van der Waals surface area contributed by atoms with Crippen LogP contribution in [0.2, 0.25) is 0 Å². The maximum absolute atomic E-state index is 12.4. The van der Waals surface area contributed by atoms with Crippen molar-refractivity contribution in [3.63, 3.8) is 0 Å². The normalized spacial score (nSPS) is 15.7. The molecule has 0 fully saturated rings. The number of furan rings is 1. The highest BCUT2D eigenvalue weighted by molar-refractivity contribution is 5.97. The van der Waals surface area contributed by atoms with Gasteiger partial charge in [0, 0.05) is 24.9 Å². The van der Waals surface area contributed by atoms with E-state index in [2.05, 4.69) is 5.32 Å². The zero-order chi connectivity index (χ0) is 18.6. The minimum atomic E-state index is -0.352. The van der Waals surface area contributed by atoms with E-state index in [0.29, 0.717) is 30.5 Å². The molecule has 136 valence electrons. The van der Waals surface area contributed by atoms with E-state index in [1.165, 1.54) is 0 Å². The summed E-state index contributed by atoms with van der Waals surface area (Å²) in [6.45, 7) is 0.484. The fourth-order valence-corrected chi connectivity index (χ4v) is 3.25. The maximum atomic E-state index is 12.4. The molecule has 1 N–H and O–H groups in total. The summed E-state index contributed by atoms with van der Waals surface area (Å²) in [6, 6.07) is 18.4. The molecule has 2 aromatic carbocycles. The van der Waals surface area contributed by atoms with Crippen molar-refractivity contribution in [2.45, 2.75) is 18.9 Å². The highest BCUT2D eigenvalue weighted by atomic mass is 16.5. The van der Waals surface area contributed by atoms with E-state index in [9.17, 15) is 9.59 Å². The van der Waals surface area contributed by atoms with Gasteiger partial charge in [0.05, 0.1) is 11.8 Å². The fourth-order valence-electron chi connectivity index (χ4n) is 3.25. The van der Waals surface area contributed by atoms with Crippen LogP contribution in [0.5, 0.6) is 0 Å². The number of nitrogens with one attached hydrogen (secondary N) is 1. The summed E-state index contributed by atoms with van der Waals surface area (Å²) >= 11 is 0. The molecule has 0 aliphatic carbocycles. The van der Waals surface area contributed by atoms with Crippen molar-refractivity contribution in [3.8, 4) is 0 Å². The van der Waals surface area contributed by atoms with Gasteiger partial charge in [-0.15, -0.1) is 0 Å². The van der Waals surface area contributed by atoms with Crippen LogP contribution in [-0.4, -0.2) is 18.4 Å². The molecular weight excluding hydrogens is 342 g/mol. The average molecular weight is 361 g/mol. The van der Waals surface area contributed by atoms with Gasteiger partial charge in [-0.05, 0) is 41.5 Å². The van der Waals surface area contributed by atoms with E-state index in [4.69, 9.17) is 9.15 Å². The first kappa shape index (κ1) is 17.1. The minimum absolute atomic E-state index is 0.167. The van der Waals surface area contributed by atoms with Gasteiger partial charge in [-0.25, -0.2) is 4.79 Å². The molecule has 0 bridgehead atoms. The van der Waals surface area contributed by atoms with Crippen molar-refractivity contribution in [1.82, 2.24) is 5.32 Å². The molecule has 3 aromatic rings. The zero-order valence-electron chi connectivity index (χ0n) is 14.7. The number of benzene rings is 2. The first-order valence-electron chi connectivity index (χ1n) is 8.90. The number of fused-ring (bicyclic) bond motifs is 1. The van der Waals surface area contributed by atoms with Gasteiger partial charge in [0.25, 0.3) is 5.91 Å². The van der Waals surface area contributed by atoms with Gasteiger partial charge in [-0.2, -0.15) is 0 Å². The number of hydrogen-bond donors (Lipinski definition) is 1. The molecule has 1 atom stereocenters. The Kier molecular flexibility index (Phi) is 4.75. The van der Waals surface area contributed by atoms with Crippen LogP contribution in [-0.2, 0) is 17.6 Å². The number of hydrogen-bond acceptors (Lipinski definition) is 4. The van der Waals surface area contributed by atoms with Crippen LogP contribution < -0.4 is 5.32 Å². The second kappa shape index (κ2) is 7.50. The van der Waals surface area contributed by atoms with Crippen LogP contribution in [0.15, 0.2) is 71.3 Å². The molecule has 0 radical (unpaired) electrons. The van der Waals surface area contributed by atoms with Gasteiger partial charge >= 0.3 is 5.97 Å². The van der Waals surface area contributed by atoms with Gasteiger partial charge in [-0.1, -0.05) is 30.3 Å². The lowest BCUT2D eigenvalue weighted by Crippen LogP contribution is -2.27. The summed E-state index contributed by atoms with van der Waals surface area (Å²) in [5, 5.41) is 2.88. The van der Waals surface area contributed by atoms with E-state index in [1.807, 2.05) is 42.5 Å². The lowest BCUT2D eigenvalue weighted by molar-refractivity contribution is 0.0252. The quantitative estimate of drug-likeness (QED) is 0.704. The third-order valence-corrected chi connectivity index (χ3v) is 4.65. The Morgan fingerprint density at radius 1 is 1.07 bits per heavy atom. The van der Waals surface area contributed by atoms with Crippen molar-refractivity contribution >= 4 is 11.9 Å². The highest BCUT2D eigenvalue weighted by Crippen LogP contribution is 2.31. The van der Waals surface area contributed by atoms with Crippen molar-refractivity contribution in [2.75, 3.05) is 6.54 Å². The third kappa shape index (κ3) is 3.77. The van der Waals surface area contributed by atoms with Gasteiger partial charge in [0.15, 0.2) is 0 Å². The zero-order valence-corrected chi connectivity index (χ0v) is 14.7. The predicted molar refractivity (Wildman–Crippen MR) is 99.5 cm³/mol. The Hall–Kier alpha value is -3.34. The van der Waals surface area contributed by atoms with Crippen molar-refractivity contribution in [2.24, 2.45) is 0 Å². The van der Waals surface area contributed by atoms with Gasteiger partial charge < -0.3 is 14.5 Å². The average Bonchev–Trinajstić information content (AvgIpc) is 3.21. The van der Waals surface area contributed by atoms with Gasteiger partial charge in [-0.3, -0.25) is 4.79 Å². The Balaban J connectivity index is 1.47. The van der Waals surface area contributed by atoms with Crippen molar-refractivity contribution in [3.05, 3.63) is 94.9 Å². The topological polar surface area (TPSA) is 68.5 Å². The summed E-state index contributed by atoms with van der Waals surface area (Å²) in [4.78, 5) is 24.8. The Labute approximate surface area is 157 Å². The molecule has 1 amide bonds. The van der Waals surface area contributed by atoms with E-state index < -0.39 is 0 Å². The highest BCUT2D eigenvalue weighted by Gasteiger charge is 2.28. The summed E-state index contributed by atoms with van der Waals surface area (Å²) in [6.07, 6.45) is 2.47. The van der Waals surface area contributed by atoms with E-state index in [0.717, 1.165) is 16.9 Å². The fraction of sp³-hybridized carbons (Fsp3) is 0.182. The first-order chi connectivity index (χ1) is 13.2. The van der Waals surface area contributed by atoms with E-state index >= 15 is 0 Å². The molecule has 1 aliphatic rings. The second-order valence-electron chi connectivity index (χ2n) is 6.47. The summed E-state index contributed by atoms with van der Waals surface area (Å²) in [7, 11) is 0. The van der Waals surface area contributed by atoms with Crippen LogP contribution in [0, 0.1) is 0 Å². The lowest BCUT2D eigenvalue weighted by atomic mass is 9.93. The molecule has 2 heterocycles. The predicted octanol–water partition coefficient (Wildman–Crippen LogP) is 3.71. The SMILES string of the molecule is O=C(NCCc1ccco1)c1ccc2c(c1)C[C@H](c1ccccc1)OC2=O. The molecule has 0 spiro atoms. The number of amides is 1. The molecule has 0 saturated carbocycles. The molecular formula is C22H19NO4. The number of carbonyl (C=O) groups excluding carboxylic acids is 2. The van der Waals surface area contributed by atoms with Crippen LogP contribution in [0.3, 0.4) is 0 Å². The number of esters is 1. The molecule has 27 heavy (non-hydrogen) atoms. The van der Waals surface area contributed by atoms with Crippen LogP contribution in [0.25, 0.3) is 0 Å². The van der Waals surface area contributed by atoms with Gasteiger partial charge in [0.2, 0.25) is 0 Å². The maximum Gasteiger partial charge on any atom is 0.339 e. The molecule has 4 rings (SSSR count). The number of cyclic esters (lactones) is 1. The smallest absolute Gasteiger partial charge is 0.339 e. The summed E-state index contributed by atoms with van der Waals surface area (Å²) in [5.74, 6) is 0.309. The lowest BCUT2D eigenvalue weighted by Gasteiger charge is -2.25. The third-order valence-electron chi connectivity index (χ3n) is 4.65. The Bertz CT molecular complexity index is 948. The van der Waals surface area contributed by atoms with Crippen molar-refractivity contribution in [1.29, 1.82) is 0 Å². The van der Waals surface area contributed by atoms with Crippen molar-refractivity contribution < 1.29 is 18.7 Å². The second-order valence-corrected chi connectivity index (χ2v) is 6.47. The first-order valence-corrected chi connectivity index (χ1v) is 8.90. The van der Waals surface area contributed by atoms with E-state index in [1.54, 1.807) is 24.5 Å². The molecule has 1 aliphatic heterocycles. The standard InChI is InChI=1S/C22H19NO4/c24-21(23-11-10-18-7-4-12-26-18)16-8-9-19-17(13-16)14-20(27-22(19)25)15-5-2-1-3-6-15/h1-9,12-13,20H,10-11,14H2,(H,23,24)/t20-/m1/s1. The molecule has 5 heteroatoms. The molecule has 1 aromatic heterocycles. The van der Waals surface area contributed by atoms with Crippen LogP contribution in [0.1, 0.15) is 43.7 Å². The molecule has 0 unspecified atom stereocenters. The van der Waals surface area contributed by atoms with E-state index in [-0.39, 0.29) is 18.0 Å². The summed E-state index contributed by atoms with van der Waals surface area (Å²) in [5.41, 5.74) is 2.84. The number of rotatable bonds is 5. The monoisotopic (exact) mass is 361 g/mol. The number of carbonyl (C=O) groups is 2. The Morgan fingerprint density at radius 2 is 1.93 bits per heavy atom. The molecule has 5 nitrogen and oxygen atoms in total. The van der Waals surface area contributed by atoms with Crippen LogP contribution in [0.4, 0.5) is 0 Å². The van der Waals surface area contributed by atoms with Crippen LogP contribution >= 0.6 is 0 Å². The Morgan fingerprint density at radius 3 is 2.70 bits per heavy atom. The minimum Gasteiger partial charge on any atom is -0.469 e. The number of ether oxygens (including phenoxy) is 1. The molecule has 0 saturated heterocycles. The summed E-state index contributed by atoms with van der Waals surface area (Å²) < 4.78 is 10.8.